The van der Waals surface area contributed by atoms with Gasteiger partial charge in [-0.2, -0.15) is 4.57 Å². The molecule has 300 valence electrons. The van der Waals surface area contributed by atoms with Gasteiger partial charge < -0.3 is 29.5 Å². The first-order valence-electron chi connectivity index (χ1n) is 20.3. The van der Waals surface area contributed by atoms with Crippen molar-refractivity contribution in [3.63, 3.8) is 0 Å². The van der Waals surface area contributed by atoms with Crippen molar-refractivity contribution in [1.29, 1.82) is 0 Å². The lowest BCUT2D eigenvalue weighted by molar-refractivity contribution is -0.708. The van der Waals surface area contributed by atoms with E-state index >= 15 is 0 Å². The highest BCUT2D eigenvalue weighted by Gasteiger charge is 2.20. The average molecular weight is 793 g/mol. The fourth-order valence-corrected chi connectivity index (χ4v) is 8.64. The lowest BCUT2D eigenvalue weighted by Gasteiger charge is -2.20. The largest absolute Gasteiger partial charge is 0.386 e. The van der Waals surface area contributed by atoms with Gasteiger partial charge in [-0.15, -0.1) is 0 Å². The standard InChI is InChI=1S/C45H66N2O6P2/c1-5-36(40-18-12-8-13-19-40)31-35(4)39-22-26-46(27-23-39)32-43(49)53-54-44(50)21-15-9-14-20-42(48)52-55-45(51)33-47-28-24-41(25-29-47)37(6-2)30-34(3)38-16-10-7-11-17-38/h7-8,10-13,16-19,22-29,34-37,42-45,48-51,54-55H,5-6,9,14-15,20-21,30-33H2,1-4H3/q+2. The highest BCUT2D eigenvalue weighted by atomic mass is 31.1. The Hall–Kier alpha value is -2.64. The third-order valence-corrected chi connectivity index (χ3v) is 12.5. The molecule has 55 heavy (non-hydrogen) atoms. The van der Waals surface area contributed by atoms with Crippen LogP contribution in [0.5, 0.6) is 0 Å². The van der Waals surface area contributed by atoms with Crippen LogP contribution in [0.3, 0.4) is 0 Å². The van der Waals surface area contributed by atoms with Crippen molar-refractivity contribution in [1.82, 2.24) is 0 Å². The van der Waals surface area contributed by atoms with Gasteiger partial charge in [0.15, 0.2) is 50.0 Å². The molecule has 2 aromatic heterocycles. The quantitative estimate of drug-likeness (QED) is 0.0219. The molecule has 0 bridgehead atoms. The summed E-state index contributed by atoms with van der Waals surface area (Å²) in [6, 6.07) is 29.9. The molecular weight excluding hydrogens is 726 g/mol. The summed E-state index contributed by atoms with van der Waals surface area (Å²) >= 11 is 0. The average Bonchev–Trinajstić information content (AvgIpc) is 3.21. The first-order valence-corrected chi connectivity index (χ1v) is 22.2. The number of hydrogen-bond acceptors (Lipinski definition) is 6. The van der Waals surface area contributed by atoms with Crippen molar-refractivity contribution >= 4 is 17.6 Å². The molecule has 10 heteroatoms. The molecule has 0 aliphatic heterocycles. The van der Waals surface area contributed by atoms with E-state index in [0.717, 1.165) is 44.9 Å². The van der Waals surface area contributed by atoms with Gasteiger partial charge >= 0.3 is 0 Å². The zero-order chi connectivity index (χ0) is 39.4. The number of aliphatic hydroxyl groups is 4. The number of nitrogens with zero attached hydrogens (tertiary/aromatic N) is 2. The second-order valence-electron chi connectivity index (χ2n) is 15.0. The molecule has 2 heterocycles. The van der Waals surface area contributed by atoms with Gasteiger partial charge in [0, 0.05) is 33.1 Å². The highest BCUT2D eigenvalue weighted by Crippen LogP contribution is 2.33. The molecular formula is C45H66N2O6P2+2. The molecule has 10 unspecified atom stereocenters. The topological polar surface area (TPSA) is 107 Å². The fourth-order valence-electron chi connectivity index (χ4n) is 7.21. The maximum absolute atomic E-state index is 10.6. The maximum atomic E-state index is 10.6. The molecule has 8 nitrogen and oxygen atoms in total. The number of aromatic nitrogens is 2. The minimum atomic E-state index is -1.00. The van der Waals surface area contributed by atoms with Gasteiger partial charge in [-0.1, -0.05) is 101 Å². The minimum absolute atomic E-state index is 0.213. The van der Waals surface area contributed by atoms with Gasteiger partial charge in [0.2, 0.25) is 6.29 Å². The molecule has 0 saturated carbocycles. The van der Waals surface area contributed by atoms with Crippen LogP contribution in [0.1, 0.15) is 131 Å². The molecule has 4 N–H and O–H groups in total. The SMILES string of the molecule is CCC(CC(C)c1cc[n+](CC(O)OPC(O)CCCCCC(O)OPC(O)C[n+]2ccc(C(CC)CC(C)c3ccccc3)cc2)cc1)c1ccccc1. The molecule has 0 spiro atoms. The van der Waals surface area contributed by atoms with Crippen molar-refractivity contribution in [3.8, 4) is 0 Å². The van der Waals surface area contributed by atoms with Crippen molar-refractivity contribution in [2.75, 3.05) is 0 Å². The van der Waals surface area contributed by atoms with E-state index in [9.17, 15) is 20.4 Å². The minimum Gasteiger partial charge on any atom is -0.386 e. The summed E-state index contributed by atoms with van der Waals surface area (Å²) in [6.45, 7) is 9.74. The van der Waals surface area contributed by atoms with Crippen LogP contribution in [0, 0.1) is 0 Å². The van der Waals surface area contributed by atoms with E-state index in [1.54, 1.807) is 0 Å². The van der Waals surface area contributed by atoms with E-state index in [-0.39, 0.29) is 17.6 Å². The molecule has 0 saturated heterocycles. The number of rotatable bonds is 26. The second-order valence-corrected chi connectivity index (χ2v) is 17.3. The molecule has 10 atom stereocenters. The summed E-state index contributed by atoms with van der Waals surface area (Å²) in [5.41, 5.74) is 5.34. The number of aliphatic hydroxyl groups excluding tert-OH is 4. The normalized spacial score (nSPS) is 16.6. The summed E-state index contributed by atoms with van der Waals surface area (Å²) < 4.78 is 15.0. The predicted molar refractivity (Wildman–Crippen MR) is 224 cm³/mol. The zero-order valence-electron chi connectivity index (χ0n) is 33.3. The Kier molecular flexibility index (Phi) is 20.4. The monoisotopic (exact) mass is 792 g/mol. The molecule has 0 fully saturated rings. The summed E-state index contributed by atoms with van der Waals surface area (Å²) in [5.74, 6) is 0.542. The van der Waals surface area contributed by atoms with Gasteiger partial charge in [0.1, 0.15) is 0 Å². The highest BCUT2D eigenvalue weighted by molar-refractivity contribution is 7.33. The lowest BCUT2D eigenvalue weighted by Crippen LogP contribution is -2.39. The molecule has 0 amide bonds. The van der Waals surface area contributed by atoms with E-state index in [1.165, 1.54) is 22.3 Å². The van der Waals surface area contributed by atoms with E-state index in [4.69, 9.17) is 9.05 Å². The summed E-state index contributed by atoms with van der Waals surface area (Å²) in [4.78, 5) is 0. The first-order chi connectivity index (χ1) is 26.6. The van der Waals surface area contributed by atoms with Crippen LogP contribution in [0.15, 0.2) is 110 Å². The van der Waals surface area contributed by atoms with Crippen LogP contribution in [0.2, 0.25) is 0 Å². The number of pyridine rings is 2. The molecule has 4 aromatic rings. The number of hydrogen-bond donors (Lipinski definition) is 4. The maximum Gasteiger partial charge on any atom is 0.218 e. The van der Waals surface area contributed by atoms with Crippen molar-refractivity contribution in [3.05, 3.63) is 132 Å². The Morgan fingerprint density at radius 1 is 0.509 bits per heavy atom. The van der Waals surface area contributed by atoms with Crippen molar-refractivity contribution < 1.29 is 38.6 Å². The fraction of sp³-hybridized carbons (Fsp3) is 0.511. The summed E-state index contributed by atoms with van der Waals surface area (Å²) in [6.07, 6.45) is 13.8. The zero-order valence-corrected chi connectivity index (χ0v) is 35.3. The van der Waals surface area contributed by atoms with E-state index in [1.807, 2.05) is 33.9 Å². The molecule has 0 radical (unpaired) electrons. The van der Waals surface area contributed by atoms with Crippen LogP contribution >= 0.6 is 17.6 Å². The number of unbranched alkanes of at least 4 members (excludes halogenated alkanes) is 2. The van der Waals surface area contributed by atoms with Gasteiger partial charge in [-0.25, -0.2) is 4.57 Å². The Bertz CT molecular complexity index is 1590. The Labute approximate surface area is 333 Å². The van der Waals surface area contributed by atoms with Crippen LogP contribution in [0.4, 0.5) is 0 Å². The van der Waals surface area contributed by atoms with E-state index in [0.29, 0.717) is 49.6 Å². The van der Waals surface area contributed by atoms with Gasteiger partial charge in [0.05, 0.1) is 14.7 Å². The van der Waals surface area contributed by atoms with E-state index in [2.05, 4.69) is 113 Å². The smallest absolute Gasteiger partial charge is 0.218 e. The van der Waals surface area contributed by atoms with Crippen LogP contribution in [-0.4, -0.2) is 44.7 Å². The van der Waals surface area contributed by atoms with Gasteiger partial charge in [-0.3, -0.25) is 0 Å². The van der Waals surface area contributed by atoms with Crippen LogP contribution in [0.25, 0.3) is 0 Å². The lowest BCUT2D eigenvalue weighted by atomic mass is 9.85. The first kappa shape index (κ1) is 45.1. The third kappa shape index (κ3) is 16.4. The Balaban J connectivity index is 1.04. The molecule has 0 aliphatic carbocycles. The Morgan fingerprint density at radius 2 is 0.945 bits per heavy atom. The van der Waals surface area contributed by atoms with Crippen molar-refractivity contribution in [2.24, 2.45) is 0 Å². The molecule has 2 aromatic carbocycles. The summed E-state index contributed by atoms with van der Waals surface area (Å²) in [7, 11) is -0.438. The second kappa shape index (κ2) is 24.9. The van der Waals surface area contributed by atoms with Crippen LogP contribution < -0.4 is 9.13 Å². The molecule has 4 rings (SSSR count). The van der Waals surface area contributed by atoms with Gasteiger partial charge in [-0.05, 0) is 90.9 Å². The third-order valence-electron chi connectivity index (χ3n) is 10.6. The van der Waals surface area contributed by atoms with Crippen molar-refractivity contribution in [2.45, 2.75) is 147 Å². The van der Waals surface area contributed by atoms with Crippen LogP contribution in [-0.2, 0) is 22.1 Å². The summed E-state index contributed by atoms with van der Waals surface area (Å²) in [5, 5.41) is 41.7. The Morgan fingerprint density at radius 3 is 1.51 bits per heavy atom. The predicted octanol–water partition coefficient (Wildman–Crippen LogP) is 8.78. The molecule has 0 aliphatic rings. The number of benzene rings is 2. The van der Waals surface area contributed by atoms with Gasteiger partial charge in [0.25, 0.3) is 0 Å². The van der Waals surface area contributed by atoms with E-state index < -0.39 is 24.3 Å².